The molecule has 0 rings (SSSR count). The monoisotopic (exact) mass is 272 g/mol. The molecule has 0 spiro atoms. The van der Waals surface area contributed by atoms with Gasteiger partial charge in [0.1, 0.15) is 0 Å². The van der Waals surface area contributed by atoms with Crippen molar-refractivity contribution < 1.29 is 15.0 Å². The lowest BCUT2D eigenvalue weighted by Gasteiger charge is -2.32. The second-order valence-electron chi connectivity index (χ2n) is 5.76. The largest absolute Gasteiger partial charge is 0.481 e. The van der Waals surface area contributed by atoms with Gasteiger partial charge < -0.3 is 10.2 Å². The molecule has 0 aromatic heterocycles. The number of carbonyl (C=O) groups is 1. The Bertz CT molecular complexity index is 224. The Hall–Kier alpha value is -0.570. The number of aliphatic hydroxyl groups is 1. The van der Waals surface area contributed by atoms with Gasteiger partial charge in [-0.3, -0.25) is 4.79 Å². The van der Waals surface area contributed by atoms with Crippen molar-refractivity contribution in [2.45, 2.75) is 91.1 Å². The summed E-state index contributed by atoms with van der Waals surface area (Å²) >= 11 is 0. The van der Waals surface area contributed by atoms with E-state index in [1.807, 2.05) is 0 Å². The van der Waals surface area contributed by atoms with E-state index in [0.717, 1.165) is 51.4 Å². The van der Waals surface area contributed by atoms with Crippen LogP contribution in [0.2, 0.25) is 0 Å². The Kier molecular flexibility index (Phi) is 9.94. The van der Waals surface area contributed by atoms with E-state index in [9.17, 15) is 15.0 Å². The van der Waals surface area contributed by atoms with E-state index in [1.54, 1.807) is 6.92 Å². The van der Waals surface area contributed by atoms with Crippen LogP contribution in [0.4, 0.5) is 0 Å². The maximum absolute atomic E-state index is 11.6. The van der Waals surface area contributed by atoms with E-state index < -0.39 is 17.5 Å². The summed E-state index contributed by atoms with van der Waals surface area (Å²) in [6.45, 7) is 5.92. The quantitative estimate of drug-likeness (QED) is 0.518. The average molecular weight is 272 g/mol. The molecule has 0 heterocycles. The summed E-state index contributed by atoms with van der Waals surface area (Å²) in [5, 5.41) is 19.5. The van der Waals surface area contributed by atoms with Gasteiger partial charge >= 0.3 is 5.97 Å². The topological polar surface area (TPSA) is 57.5 Å². The van der Waals surface area contributed by atoms with Crippen molar-refractivity contribution in [1.29, 1.82) is 0 Å². The Balaban J connectivity index is 4.46. The van der Waals surface area contributed by atoms with Gasteiger partial charge in [-0.1, -0.05) is 65.2 Å². The van der Waals surface area contributed by atoms with Gasteiger partial charge in [-0.15, -0.1) is 0 Å². The predicted molar refractivity (Wildman–Crippen MR) is 79.3 cm³/mol. The van der Waals surface area contributed by atoms with Crippen LogP contribution in [0.5, 0.6) is 0 Å². The van der Waals surface area contributed by atoms with Crippen LogP contribution >= 0.6 is 0 Å². The number of unbranched alkanes of at least 4 members (excludes halogenated alkanes) is 6. The number of rotatable bonds is 12. The Morgan fingerprint density at radius 1 is 0.947 bits per heavy atom. The van der Waals surface area contributed by atoms with E-state index >= 15 is 0 Å². The maximum atomic E-state index is 11.6. The molecular weight excluding hydrogens is 240 g/mol. The van der Waals surface area contributed by atoms with Gasteiger partial charge in [-0.2, -0.15) is 0 Å². The Labute approximate surface area is 118 Å². The van der Waals surface area contributed by atoms with Crippen molar-refractivity contribution in [2.24, 2.45) is 5.41 Å². The third-order valence-electron chi connectivity index (χ3n) is 4.18. The molecule has 0 amide bonds. The molecule has 0 aliphatic heterocycles. The molecule has 0 fully saturated rings. The molecule has 0 bridgehead atoms. The Morgan fingerprint density at radius 3 is 1.63 bits per heavy atom. The van der Waals surface area contributed by atoms with Crippen molar-refractivity contribution >= 4 is 5.97 Å². The zero-order chi connectivity index (χ0) is 14.7. The van der Waals surface area contributed by atoms with Gasteiger partial charge in [-0.25, -0.2) is 0 Å². The lowest BCUT2D eigenvalue weighted by Crippen LogP contribution is -2.41. The van der Waals surface area contributed by atoms with E-state index in [2.05, 4.69) is 13.8 Å². The van der Waals surface area contributed by atoms with Gasteiger partial charge in [0.25, 0.3) is 0 Å². The van der Waals surface area contributed by atoms with Gasteiger partial charge in [-0.05, 0) is 19.8 Å². The molecule has 0 saturated heterocycles. The van der Waals surface area contributed by atoms with Gasteiger partial charge in [0.05, 0.1) is 11.5 Å². The number of carboxylic acids is 1. The number of carboxylic acid groups (broad SMARTS) is 1. The number of hydrogen-bond donors (Lipinski definition) is 2. The van der Waals surface area contributed by atoms with Crippen LogP contribution in [0.3, 0.4) is 0 Å². The van der Waals surface area contributed by atoms with Crippen LogP contribution in [0.15, 0.2) is 0 Å². The fourth-order valence-corrected chi connectivity index (χ4v) is 2.67. The SMILES string of the molecule is CCCCCCC(CCCCCC)(C(=O)O)C(C)O. The van der Waals surface area contributed by atoms with Gasteiger partial charge in [0, 0.05) is 0 Å². The second-order valence-corrected chi connectivity index (χ2v) is 5.76. The van der Waals surface area contributed by atoms with Gasteiger partial charge in [0.15, 0.2) is 0 Å². The fraction of sp³-hybridized carbons (Fsp3) is 0.938. The van der Waals surface area contributed by atoms with Crippen LogP contribution in [0.25, 0.3) is 0 Å². The van der Waals surface area contributed by atoms with Crippen LogP contribution in [-0.4, -0.2) is 22.3 Å². The molecular formula is C16H32O3. The summed E-state index contributed by atoms with van der Waals surface area (Å²) in [6.07, 6.45) is 8.94. The van der Waals surface area contributed by atoms with Crippen LogP contribution in [0.1, 0.15) is 85.0 Å². The van der Waals surface area contributed by atoms with Crippen molar-refractivity contribution in [3.63, 3.8) is 0 Å². The lowest BCUT2D eigenvalue weighted by atomic mass is 9.74. The summed E-state index contributed by atoms with van der Waals surface area (Å²) in [7, 11) is 0. The third kappa shape index (κ3) is 6.42. The maximum Gasteiger partial charge on any atom is 0.312 e. The first kappa shape index (κ1) is 18.4. The van der Waals surface area contributed by atoms with E-state index in [0.29, 0.717) is 12.8 Å². The van der Waals surface area contributed by atoms with E-state index in [-0.39, 0.29) is 0 Å². The first-order valence-corrected chi connectivity index (χ1v) is 7.92. The highest BCUT2D eigenvalue weighted by Gasteiger charge is 2.41. The van der Waals surface area contributed by atoms with Crippen molar-refractivity contribution in [3.8, 4) is 0 Å². The third-order valence-corrected chi connectivity index (χ3v) is 4.18. The predicted octanol–water partition coefficient (Wildman–Crippen LogP) is 4.38. The molecule has 0 aromatic carbocycles. The smallest absolute Gasteiger partial charge is 0.312 e. The summed E-state index contributed by atoms with van der Waals surface area (Å²) in [5.74, 6) is -0.824. The normalized spacial score (nSPS) is 13.5. The molecule has 3 nitrogen and oxygen atoms in total. The van der Waals surface area contributed by atoms with Crippen molar-refractivity contribution in [3.05, 3.63) is 0 Å². The van der Waals surface area contributed by atoms with Crippen LogP contribution in [-0.2, 0) is 4.79 Å². The molecule has 2 N–H and O–H groups in total. The molecule has 0 aliphatic carbocycles. The minimum Gasteiger partial charge on any atom is -0.481 e. The highest BCUT2D eigenvalue weighted by atomic mass is 16.4. The fourth-order valence-electron chi connectivity index (χ4n) is 2.67. The molecule has 3 heteroatoms. The minimum atomic E-state index is -0.929. The summed E-state index contributed by atoms with van der Waals surface area (Å²) in [5.41, 5.74) is -0.929. The molecule has 0 aliphatic rings. The molecule has 19 heavy (non-hydrogen) atoms. The molecule has 1 unspecified atom stereocenters. The second kappa shape index (κ2) is 10.2. The molecule has 0 radical (unpaired) electrons. The molecule has 0 saturated carbocycles. The van der Waals surface area contributed by atoms with E-state index in [4.69, 9.17) is 0 Å². The van der Waals surface area contributed by atoms with Crippen LogP contribution < -0.4 is 0 Å². The van der Waals surface area contributed by atoms with Crippen LogP contribution in [0, 0.1) is 5.41 Å². The average Bonchev–Trinajstić information content (AvgIpc) is 2.36. The van der Waals surface area contributed by atoms with E-state index in [1.165, 1.54) is 0 Å². The van der Waals surface area contributed by atoms with Gasteiger partial charge in [0.2, 0.25) is 0 Å². The molecule has 0 aromatic rings. The first-order valence-electron chi connectivity index (χ1n) is 7.92. The standard InChI is InChI=1S/C16H32O3/c1-4-6-8-10-12-16(14(3)17,15(18)19)13-11-9-7-5-2/h14,17H,4-13H2,1-3H3,(H,18,19). The molecule has 114 valence electrons. The lowest BCUT2D eigenvalue weighted by molar-refractivity contribution is -0.157. The minimum absolute atomic E-state index is 0.603. The molecule has 1 atom stereocenters. The zero-order valence-electron chi connectivity index (χ0n) is 13.0. The summed E-state index contributed by atoms with van der Waals surface area (Å²) < 4.78 is 0. The summed E-state index contributed by atoms with van der Waals surface area (Å²) in [4.78, 5) is 11.6. The highest BCUT2D eigenvalue weighted by molar-refractivity contribution is 5.75. The number of hydrogen-bond acceptors (Lipinski definition) is 2. The highest BCUT2D eigenvalue weighted by Crippen LogP contribution is 2.36. The van der Waals surface area contributed by atoms with Crippen molar-refractivity contribution in [2.75, 3.05) is 0 Å². The van der Waals surface area contributed by atoms with Crippen molar-refractivity contribution in [1.82, 2.24) is 0 Å². The summed E-state index contributed by atoms with van der Waals surface area (Å²) in [6, 6.07) is 0. The number of aliphatic hydroxyl groups excluding tert-OH is 1. The Morgan fingerprint density at radius 2 is 1.37 bits per heavy atom. The number of aliphatic carboxylic acids is 1. The first-order chi connectivity index (χ1) is 9.01. The zero-order valence-corrected chi connectivity index (χ0v) is 13.0.